The highest BCUT2D eigenvalue weighted by Crippen LogP contribution is 2.35. The molecule has 2 rings (SSSR count). The first-order valence-corrected chi connectivity index (χ1v) is 6.62. The summed E-state index contributed by atoms with van der Waals surface area (Å²) in [6, 6.07) is 5.89. The Bertz CT molecular complexity index is 529. The number of hydrogen-bond acceptors (Lipinski definition) is 3. The van der Waals surface area contributed by atoms with Crippen LogP contribution in [0.5, 0.6) is 5.75 Å². The summed E-state index contributed by atoms with van der Waals surface area (Å²) < 4.78 is 19.4. The molecule has 0 saturated heterocycles. The van der Waals surface area contributed by atoms with Gasteiger partial charge in [0.25, 0.3) is 0 Å². The lowest BCUT2D eigenvalue weighted by Crippen LogP contribution is -2.12. The van der Waals surface area contributed by atoms with Crippen molar-refractivity contribution in [1.29, 1.82) is 0 Å². The van der Waals surface area contributed by atoms with E-state index in [1.807, 2.05) is 11.4 Å². The SMILES string of the molecule is COc1ccc(F)cc1C(N)c1sccc1Br. The second-order valence-corrected chi connectivity index (χ2v) is 5.30. The molecule has 0 fully saturated rings. The van der Waals surface area contributed by atoms with E-state index in [1.54, 1.807) is 13.2 Å². The van der Waals surface area contributed by atoms with Crippen LogP contribution >= 0.6 is 27.3 Å². The summed E-state index contributed by atoms with van der Waals surface area (Å²) in [4.78, 5) is 0.953. The number of methoxy groups -OCH3 is 1. The van der Waals surface area contributed by atoms with E-state index in [0.29, 0.717) is 11.3 Å². The van der Waals surface area contributed by atoms with Gasteiger partial charge in [-0.3, -0.25) is 0 Å². The number of thiophene rings is 1. The Labute approximate surface area is 111 Å². The molecule has 0 aliphatic rings. The van der Waals surface area contributed by atoms with Crippen LogP contribution in [0.3, 0.4) is 0 Å². The van der Waals surface area contributed by atoms with Crippen molar-refractivity contribution in [2.75, 3.05) is 7.11 Å². The Morgan fingerprint density at radius 1 is 1.41 bits per heavy atom. The summed E-state index contributed by atoms with van der Waals surface area (Å²) in [6.07, 6.45) is 0. The molecule has 0 aliphatic heterocycles. The predicted molar refractivity (Wildman–Crippen MR) is 71.0 cm³/mol. The number of hydrogen-bond donors (Lipinski definition) is 1. The quantitative estimate of drug-likeness (QED) is 0.937. The van der Waals surface area contributed by atoms with E-state index in [-0.39, 0.29) is 5.82 Å². The molecule has 0 radical (unpaired) electrons. The molecule has 90 valence electrons. The zero-order valence-electron chi connectivity index (χ0n) is 9.11. The third kappa shape index (κ3) is 2.51. The van der Waals surface area contributed by atoms with Gasteiger partial charge in [-0.15, -0.1) is 11.3 Å². The van der Waals surface area contributed by atoms with Gasteiger partial charge in [0.2, 0.25) is 0 Å². The molecule has 0 saturated carbocycles. The maximum absolute atomic E-state index is 13.3. The van der Waals surface area contributed by atoms with Crippen LogP contribution in [0.4, 0.5) is 4.39 Å². The zero-order chi connectivity index (χ0) is 12.4. The fourth-order valence-electron chi connectivity index (χ4n) is 1.62. The van der Waals surface area contributed by atoms with E-state index in [9.17, 15) is 4.39 Å². The second kappa shape index (κ2) is 5.16. The molecule has 0 aliphatic carbocycles. The van der Waals surface area contributed by atoms with Crippen molar-refractivity contribution in [3.8, 4) is 5.75 Å². The molecular formula is C12H11BrFNOS. The van der Waals surface area contributed by atoms with E-state index in [0.717, 1.165) is 9.35 Å². The first-order chi connectivity index (χ1) is 8.13. The number of nitrogens with two attached hydrogens (primary N) is 1. The summed E-state index contributed by atoms with van der Waals surface area (Å²) >= 11 is 4.95. The van der Waals surface area contributed by atoms with Crippen LogP contribution in [0, 0.1) is 5.82 Å². The van der Waals surface area contributed by atoms with Gasteiger partial charge in [0.15, 0.2) is 0 Å². The van der Waals surface area contributed by atoms with Gasteiger partial charge in [-0.05, 0) is 45.6 Å². The summed E-state index contributed by atoms with van der Waals surface area (Å²) in [5, 5.41) is 1.94. The van der Waals surface area contributed by atoms with E-state index in [4.69, 9.17) is 10.5 Å². The highest BCUT2D eigenvalue weighted by Gasteiger charge is 2.18. The molecule has 0 amide bonds. The lowest BCUT2D eigenvalue weighted by atomic mass is 10.0. The van der Waals surface area contributed by atoms with Crippen molar-refractivity contribution in [2.24, 2.45) is 5.73 Å². The van der Waals surface area contributed by atoms with Crippen LogP contribution in [-0.2, 0) is 0 Å². The highest BCUT2D eigenvalue weighted by molar-refractivity contribution is 9.10. The van der Waals surface area contributed by atoms with Gasteiger partial charge in [-0.1, -0.05) is 0 Å². The molecule has 1 heterocycles. The molecule has 0 spiro atoms. The van der Waals surface area contributed by atoms with Gasteiger partial charge in [-0.2, -0.15) is 0 Å². The second-order valence-electron chi connectivity index (χ2n) is 3.50. The normalized spacial score (nSPS) is 12.5. The summed E-state index contributed by atoms with van der Waals surface area (Å²) in [5.41, 5.74) is 6.79. The van der Waals surface area contributed by atoms with E-state index >= 15 is 0 Å². The van der Waals surface area contributed by atoms with Crippen molar-refractivity contribution in [1.82, 2.24) is 0 Å². The molecular weight excluding hydrogens is 305 g/mol. The Morgan fingerprint density at radius 3 is 2.76 bits per heavy atom. The van der Waals surface area contributed by atoms with Crippen molar-refractivity contribution in [2.45, 2.75) is 6.04 Å². The molecule has 2 aromatic rings. The molecule has 2 nitrogen and oxygen atoms in total. The molecule has 17 heavy (non-hydrogen) atoms. The average molecular weight is 316 g/mol. The summed E-state index contributed by atoms with van der Waals surface area (Å²) in [7, 11) is 1.55. The molecule has 1 aromatic carbocycles. The zero-order valence-corrected chi connectivity index (χ0v) is 11.5. The first kappa shape index (κ1) is 12.5. The minimum absolute atomic E-state index is 0.316. The smallest absolute Gasteiger partial charge is 0.124 e. The fourth-order valence-corrected chi connectivity index (χ4v) is 3.26. The van der Waals surface area contributed by atoms with Gasteiger partial charge in [0.05, 0.1) is 13.2 Å². The van der Waals surface area contributed by atoms with Crippen LogP contribution in [-0.4, -0.2) is 7.11 Å². The van der Waals surface area contributed by atoms with E-state index in [2.05, 4.69) is 15.9 Å². The van der Waals surface area contributed by atoms with Crippen molar-refractivity contribution >= 4 is 27.3 Å². The van der Waals surface area contributed by atoms with E-state index < -0.39 is 6.04 Å². The first-order valence-electron chi connectivity index (χ1n) is 4.95. The van der Waals surface area contributed by atoms with Crippen molar-refractivity contribution in [3.05, 3.63) is 50.4 Å². The number of rotatable bonds is 3. The third-order valence-corrected chi connectivity index (χ3v) is 4.41. The Balaban J connectivity index is 2.46. The predicted octanol–water partition coefficient (Wildman–Crippen LogP) is 3.71. The average Bonchev–Trinajstić information content (AvgIpc) is 2.74. The number of ether oxygens (including phenoxy) is 1. The van der Waals surface area contributed by atoms with Crippen LogP contribution in [0.15, 0.2) is 34.1 Å². The van der Waals surface area contributed by atoms with Crippen LogP contribution in [0.2, 0.25) is 0 Å². The van der Waals surface area contributed by atoms with Gasteiger partial charge in [0.1, 0.15) is 11.6 Å². The third-order valence-electron chi connectivity index (χ3n) is 2.45. The van der Waals surface area contributed by atoms with Gasteiger partial charge in [0, 0.05) is 14.9 Å². The minimum atomic E-state index is -0.393. The van der Waals surface area contributed by atoms with Crippen LogP contribution < -0.4 is 10.5 Å². The number of benzene rings is 1. The summed E-state index contributed by atoms with van der Waals surface area (Å²) in [6.45, 7) is 0. The van der Waals surface area contributed by atoms with Crippen molar-refractivity contribution in [3.63, 3.8) is 0 Å². The minimum Gasteiger partial charge on any atom is -0.496 e. The maximum atomic E-state index is 13.3. The Kier molecular flexibility index (Phi) is 3.81. The Morgan fingerprint density at radius 2 is 2.18 bits per heavy atom. The molecule has 1 aromatic heterocycles. The molecule has 1 unspecified atom stereocenters. The molecule has 0 bridgehead atoms. The van der Waals surface area contributed by atoms with Crippen LogP contribution in [0.1, 0.15) is 16.5 Å². The lowest BCUT2D eigenvalue weighted by molar-refractivity contribution is 0.406. The summed E-state index contributed by atoms with van der Waals surface area (Å²) in [5.74, 6) is 0.281. The van der Waals surface area contributed by atoms with E-state index in [1.165, 1.54) is 23.5 Å². The lowest BCUT2D eigenvalue weighted by Gasteiger charge is -2.15. The number of halogens is 2. The Hall–Kier alpha value is -0.910. The molecule has 5 heteroatoms. The topological polar surface area (TPSA) is 35.2 Å². The largest absolute Gasteiger partial charge is 0.496 e. The van der Waals surface area contributed by atoms with Gasteiger partial charge >= 0.3 is 0 Å². The standard InChI is InChI=1S/C12H11BrFNOS/c1-16-10-3-2-7(14)6-8(10)11(15)12-9(13)4-5-17-12/h2-6,11H,15H2,1H3. The van der Waals surface area contributed by atoms with Gasteiger partial charge in [-0.25, -0.2) is 4.39 Å². The highest BCUT2D eigenvalue weighted by atomic mass is 79.9. The van der Waals surface area contributed by atoms with Gasteiger partial charge < -0.3 is 10.5 Å². The van der Waals surface area contributed by atoms with Crippen molar-refractivity contribution < 1.29 is 9.13 Å². The maximum Gasteiger partial charge on any atom is 0.124 e. The monoisotopic (exact) mass is 315 g/mol. The van der Waals surface area contributed by atoms with Crippen LogP contribution in [0.25, 0.3) is 0 Å². The molecule has 1 atom stereocenters. The fraction of sp³-hybridized carbons (Fsp3) is 0.167. The molecule has 2 N–H and O–H groups in total.